The Morgan fingerprint density at radius 3 is 2.54 bits per heavy atom. The number of carbonyl (C=O) groups is 1. The average Bonchev–Trinajstić information content (AvgIpc) is 2.26. The zero-order chi connectivity index (χ0) is 10.2. The summed E-state index contributed by atoms with van der Waals surface area (Å²) in [7, 11) is 0. The summed E-state index contributed by atoms with van der Waals surface area (Å²) in [5.41, 5.74) is 5.04. The van der Waals surface area contributed by atoms with Crippen molar-refractivity contribution in [1.29, 1.82) is 0 Å². The molecule has 1 saturated heterocycles. The highest BCUT2D eigenvalue weighted by Crippen LogP contribution is 2.28. The Kier molecular flexibility index (Phi) is 2.63. The Hall–Kier alpha value is -0.610. The van der Waals surface area contributed by atoms with Crippen molar-refractivity contribution in [2.24, 2.45) is 5.73 Å². The van der Waals surface area contributed by atoms with Crippen molar-refractivity contribution < 1.29 is 9.90 Å². The second-order valence-electron chi connectivity index (χ2n) is 4.24. The summed E-state index contributed by atoms with van der Waals surface area (Å²) in [6, 6.07) is -0.482. The van der Waals surface area contributed by atoms with Crippen LogP contribution in [0, 0.1) is 0 Å². The summed E-state index contributed by atoms with van der Waals surface area (Å²) in [5.74, 6) is -0.0819. The van der Waals surface area contributed by atoms with E-state index in [0.29, 0.717) is 13.0 Å². The predicted molar refractivity (Wildman–Crippen MR) is 50.1 cm³/mol. The van der Waals surface area contributed by atoms with Gasteiger partial charge in [0.1, 0.15) is 0 Å². The number of rotatable bonds is 1. The molecule has 2 atom stereocenters. The van der Waals surface area contributed by atoms with Crippen LogP contribution in [-0.4, -0.2) is 40.1 Å². The number of carbonyl (C=O) groups excluding carboxylic acids is 1. The number of hydrogen-bond donors (Lipinski definition) is 2. The third-order valence-electron chi connectivity index (χ3n) is 2.79. The number of likely N-dealkylation sites (tertiary alicyclic amines) is 1. The lowest BCUT2D eigenvalue weighted by Gasteiger charge is -2.34. The molecule has 1 fully saturated rings. The van der Waals surface area contributed by atoms with Gasteiger partial charge in [-0.15, -0.1) is 0 Å². The first-order valence-electron chi connectivity index (χ1n) is 4.62. The molecule has 1 unspecified atom stereocenters. The number of aliphatic hydroxyl groups is 1. The molecule has 1 aliphatic rings. The molecular formula is C9H18N2O2. The van der Waals surface area contributed by atoms with Crippen LogP contribution >= 0.6 is 0 Å². The van der Waals surface area contributed by atoms with Crippen LogP contribution in [0.15, 0.2) is 0 Å². The molecule has 3 N–H and O–H groups in total. The molecule has 4 nitrogen and oxygen atoms in total. The van der Waals surface area contributed by atoms with E-state index < -0.39 is 17.7 Å². The van der Waals surface area contributed by atoms with Crippen LogP contribution in [0.3, 0.4) is 0 Å². The molecule has 1 heterocycles. The third kappa shape index (κ3) is 1.69. The highest BCUT2D eigenvalue weighted by atomic mass is 16.3. The molecule has 0 aromatic rings. The van der Waals surface area contributed by atoms with Crippen molar-refractivity contribution in [3.05, 3.63) is 0 Å². The fourth-order valence-corrected chi connectivity index (χ4v) is 1.71. The van der Waals surface area contributed by atoms with Gasteiger partial charge in [0.25, 0.3) is 0 Å². The third-order valence-corrected chi connectivity index (χ3v) is 2.79. The number of hydrogen-bond acceptors (Lipinski definition) is 3. The summed E-state index contributed by atoms with van der Waals surface area (Å²) >= 11 is 0. The summed E-state index contributed by atoms with van der Waals surface area (Å²) in [4.78, 5) is 13.3. The molecule has 0 aliphatic carbocycles. The maximum absolute atomic E-state index is 11.6. The van der Waals surface area contributed by atoms with Crippen LogP contribution in [0.1, 0.15) is 27.2 Å². The zero-order valence-corrected chi connectivity index (χ0v) is 8.45. The van der Waals surface area contributed by atoms with Crippen molar-refractivity contribution in [3.63, 3.8) is 0 Å². The van der Waals surface area contributed by atoms with Gasteiger partial charge in [-0.3, -0.25) is 4.79 Å². The van der Waals surface area contributed by atoms with Crippen LogP contribution in [-0.2, 0) is 4.79 Å². The number of aliphatic hydroxyl groups excluding tert-OH is 1. The van der Waals surface area contributed by atoms with Crippen molar-refractivity contribution >= 4 is 5.91 Å². The topological polar surface area (TPSA) is 66.6 Å². The van der Waals surface area contributed by atoms with Gasteiger partial charge in [0.15, 0.2) is 0 Å². The SMILES string of the molecule is C[C@@H](N)C(=O)N1CCC(O)C1(C)C. The lowest BCUT2D eigenvalue weighted by molar-refractivity contribution is -0.137. The molecule has 0 spiro atoms. The van der Waals surface area contributed by atoms with E-state index in [9.17, 15) is 9.90 Å². The quantitative estimate of drug-likeness (QED) is 0.591. The minimum atomic E-state index is -0.482. The van der Waals surface area contributed by atoms with Crippen LogP contribution < -0.4 is 5.73 Å². The van der Waals surface area contributed by atoms with Gasteiger partial charge in [0.05, 0.1) is 17.7 Å². The molecule has 1 aliphatic heterocycles. The predicted octanol–water partition coefficient (Wildman–Crippen LogP) is -0.295. The first kappa shape index (κ1) is 10.5. The van der Waals surface area contributed by atoms with Gasteiger partial charge in [-0.25, -0.2) is 0 Å². The lowest BCUT2D eigenvalue weighted by Crippen LogP contribution is -2.52. The minimum absolute atomic E-state index is 0.0819. The van der Waals surface area contributed by atoms with E-state index in [1.165, 1.54) is 0 Å². The zero-order valence-electron chi connectivity index (χ0n) is 8.45. The van der Waals surface area contributed by atoms with E-state index in [2.05, 4.69) is 0 Å². The van der Waals surface area contributed by atoms with Crippen molar-refractivity contribution in [2.45, 2.75) is 44.9 Å². The van der Waals surface area contributed by atoms with Crippen molar-refractivity contribution in [2.75, 3.05) is 6.54 Å². The second kappa shape index (κ2) is 3.27. The molecule has 76 valence electrons. The number of nitrogens with two attached hydrogens (primary N) is 1. The van der Waals surface area contributed by atoms with Crippen LogP contribution in [0.5, 0.6) is 0 Å². The largest absolute Gasteiger partial charge is 0.391 e. The maximum Gasteiger partial charge on any atom is 0.239 e. The molecule has 0 bridgehead atoms. The first-order chi connectivity index (χ1) is 5.87. The Bertz CT molecular complexity index is 214. The van der Waals surface area contributed by atoms with Crippen molar-refractivity contribution in [1.82, 2.24) is 4.90 Å². The second-order valence-corrected chi connectivity index (χ2v) is 4.24. The smallest absolute Gasteiger partial charge is 0.239 e. The molecule has 0 saturated carbocycles. The molecule has 4 heteroatoms. The summed E-state index contributed by atoms with van der Waals surface area (Å²) in [5, 5.41) is 9.62. The van der Waals surface area contributed by atoms with E-state index >= 15 is 0 Å². The maximum atomic E-state index is 11.6. The fourth-order valence-electron chi connectivity index (χ4n) is 1.71. The van der Waals surface area contributed by atoms with E-state index in [1.807, 2.05) is 13.8 Å². The fraction of sp³-hybridized carbons (Fsp3) is 0.889. The molecule has 1 rings (SSSR count). The molecule has 0 aromatic heterocycles. The van der Waals surface area contributed by atoms with Crippen LogP contribution in [0.4, 0.5) is 0 Å². The molecule has 0 radical (unpaired) electrons. The Morgan fingerprint density at radius 1 is 1.69 bits per heavy atom. The van der Waals surface area contributed by atoms with Gasteiger partial charge in [-0.05, 0) is 27.2 Å². The van der Waals surface area contributed by atoms with E-state index in [0.717, 1.165) is 0 Å². The summed E-state index contributed by atoms with van der Waals surface area (Å²) in [6.07, 6.45) is 0.209. The standard InChI is InChI=1S/C9H18N2O2/c1-6(10)8(13)11-5-4-7(12)9(11,2)3/h6-7,12H,4-5,10H2,1-3H3/t6-,7?/m1/s1. The van der Waals surface area contributed by atoms with Gasteiger partial charge in [0, 0.05) is 6.54 Å². The lowest BCUT2D eigenvalue weighted by atomic mass is 9.98. The first-order valence-corrected chi connectivity index (χ1v) is 4.62. The van der Waals surface area contributed by atoms with E-state index in [1.54, 1.807) is 11.8 Å². The van der Waals surface area contributed by atoms with Gasteiger partial charge >= 0.3 is 0 Å². The van der Waals surface area contributed by atoms with Gasteiger partial charge < -0.3 is 15.7 Å². The van der Waals surface area contributed by atoms with E-state index in [-0.39, 0.29) is 5.91 Å². The van der Waals surface area contributed by atoms with Crippen LogP contribution in [0.25, 0.3) is 0 Å². The highest BCUT2D eigenvalue weighted by Gasteiger charge is 2.43. The minimum Gasteiger partial charge on any atom is -0.391 e. The summed E-state index contributed by atoms with van der Waals surface area (Å²) < 4.78 is 0. The van der Waals surface area contributed by atoms with Gasteiger partial charge in [-0.1, -0.05) is 0 Å². The molecule has 0 aromatic carbocycles. The van der Waals surface area contributed by atoms with Gasteiger partial charge in [-0.2, -0.15) is 0 Å². The molecular weight excluding hydrogens is 168 g/mol. The highest BCUT2D eigenvalue weighted by molar-refractivity contribution is 5.82. The summed E-state index contributed by atoms with van der Waals surface area (Å²) in [6.45, 7) is 6.01. The number of amides is 1. The van der Waals surface area contributed by atoms with Gasteiger partial charge in [0.2, 0.25) is 5.91 Å². The van der Waals surface area contributed by atoms with Crippen molar-refractivity contribution in [3.8, 4) is 0 Å². The van der Waals surface area contributed by atoms with Crippen LogP contribution in [0.2, 0.25) is 0 Å². The molecule has 1 amide bonds. The normalized spacial score (nSPS) is 29.0. The van der Waals surface area contributed by atoms with E-state index in [4.69, 9.17) is 5.73 Å². The Labute approximate surface area is 78.7 Å². The Morgan fingerprint density at radius 2 is 2.23 bits per heavy atom. The Balaban J connectivity index is 2.78. The monoisotopic (exact) mass is 186 g/mol. The molecule has 13 heavy (non-hydrogen) atoms. The number of nitrogens with zero attached hydrogens (tertiary/aromatic N) is 1. The average molecular weight is 186 g/mol.